The summed E-state index contributed by atoms with van der Waals surface area (Å²) in [6.07, 6.45) is 0.959. The SMILES string of the molecule is COc1cccc(N(c2ccc(C=O)[se]2)c2ccc(C)c3ccccc23)c1. The van der Waals surface area contributed by atoms with Crippen LogP contribution in [0.25, 0.3) is 10.8 Å². The van der Waals surface area contributed by atoms with E-state index in [1.807, 2.05) is 24.3 Å². The number of fused-ring (bicyclic) bond motifs is 1. The monoisotopic (exact) mass is 421 g/mol. The van der Waals surface area contributed by atoms with Crippen LogP contribution in [-0.4, -0.2) is 27.9 Å². The van der Waals surface area contributed by atoms with E-state index in [4.69, 9.17) is 4.74 Å². The number of rotatable bonds is 5. The standard InChI is InChI=1S/C23H19NO2Se/c1-16-10-12-22(21-9-4-3-8-20(16)21)24(23-13-11-19(15-25)27-23)17-6-5-7-18(14-17)26-2/h3-15H,1-2H3. The quantitative estimate of drug-likeness (QED) is 0.316. The van der Waals surface area contributed by atoms with Gasteiger partial charge in [-0.05, 0) is 0 Å². The first-order valence-electron chi connectivity index (χ1n) is 8.69. The van der Waals surface area contributed by atoms with Crippen molar-refractivity contribution in [3.63, 3.8) is 0 Å². The van der Waals surface area contributed by atoms with Crippen molar-refractivity contribution in [2.24, 2.45) is 0 Å². The Morgan fingerprint density at radius 1 is 0.926 bits per heavy atom. The van der Waals surface area contributed by atoms with Gasteiger partial charge < -0.3 is 0 Å². The van der Waals surface area contributed by atoms with E-state index in [2.05, 4.69) is 60.4 Å². The molecule has 3 nitrogen and oxygen atoms in total. The van der Waals surface area contributed by atoms with Crippen LogP contribution in [0.4, 0.5) is 15.9 Å². The number of aldehydes is 1. The van der Waals surface area contributed by atoms with Gasteiger partial charge in [-0.15, -0.1) is 0 Å². The number of carbonyl (C=O) groups is 1. The fraction of sp³-hybridized carbons (Fsp3) is 0.0870. The molecule has 0 N–H and O–H groups in total. The number of ether oxygens (including phenoxy) is 1. The van der Waals surface area contributed by atoms with E-state index in [1.165, 1.54) is 16.3 Å². The summed E-state index contributed by atoms with van der Waals surface area (Å²) in [5.41, 5.74) is 3.38. The molecule has 0 spiro atoms. The van der Waals surface area contributed by atoms with Gasteiger partial charge in [0.1, 0.15) is 0 Å². The van der Waals surface area contributed by atoms with Crippen LogP contribution < -0.4 is 9.64 Å². The first kappa shape index (κ1) is 17.6. The van der Waals surface area contributed by atoms with Crippen LogP contribution in [0.3, 0.4) is 0 Å². The predicted molar refractivity (Wildman–Crippen MR) is 112 cm³/mol. The molecule has 0 amide bonds. The van der Waals surface area contributed by atoms with Crippen molar-refractivity contribution in [3.8, 4) is 5.75 Å². The Morgan fingerprint density at radius 2 is 1.74 bits per heavy atom. The van der Waals surface area contributed by atoms with Crippen LogP contribution in [0.5, 0.6) is 5.75 Å². The summed E-state index contributed by atoms with van der Waals surface area (Å²) in [5.74, 6) is 0.809. The van der Waals surface area contributed by atoms with Crippen LogP contribution in [0, 0.1) is 6.92 Å². The van der Waals surface area contributed by atoms with Gasteiger partial charge in [0.15, 0.2) is 0 Å². The summed E-state index contributed by atoms with van der Waals surface area (Å²) in [6, 6.07) is 24.8. The zero-order valence-electron chi connectivity index (χ0n) is 15.2. The molecule has 4 heteroatoms. The van der Waals surface area contributed by atoms with Crippen molar-refractivity contribution in [3.05, 3.63) is 82.8 Å². The van der Waals surface area contributed by atoms with E-state index in [1.54, 1.807) is 7.11 Å². The summed E-state index contributed by atoms with van der Waals surface area (Å²) in [5, 5.41) is 2.43. The summed E-state index contributed by atoms with van der Waals surface area (Å²) in [7, 11) is 1.68. The van der Waals surface area contributed by atoms with Crippen LogP contribution in [0.1, 0.15) is 14.8 Å². The molecule has 0 atom stereocenters. The van der Waals surface area contributed by atoms with Gasteiger partial charge >= 0.3 is 165 Å². The van der Waals surface area contributed by atoms with Crippen molar-refractivity contribution in [2.45, 2.75) is 6.92 Å². The molecule has 1 heterocycles. The third kappa shape index (κ3) is 3.30. The Hall–Kier alpha value is -2.81. The van der Waals surface area contributed by atoms with Gasteiger partial charge in [0.25, 0.3) is 0 Å². The molecule has 0 aliphatic rings. The third-order valence-corrected chi connectivity index (χ3v) is 6.71. The number of carbonyl (C=O) groups excluding carboxylic acids is 1. The van der Waals surface area contributed by atoms with Gasteiger partial charge in [-0.25, -0.2) is 0 Å². The third-order valence-electron chi connectivity index (χ3n) is 4.62. The molecular weight excluding hydrogens is 401 g/mol. The Balaban J connectivity index is 1.98. The topological polar surface area (TPSA) is 29.5 Å². The maximum absolute atomic E-state index is 11.3. The fourth-order valence-electron chi connectivity index (χ4n) is 3.29. The molecule has 4 aromatic rings. The van der Waals surface area contributed by atoms with E-state index in [0.717, 1.165) is 32.4 Å². The molecule has 134 valence electrons. The molecule has 1 aromatic heterocycles. The van der Waals surface area contributed by atoms with Gasteiger partial charge in [0, 0.05) is 0 Å². The molecule has 0 aliphatic carbocycles. The first-order valence-corrected chi connectivity index (χ1v) is 10.4. The molecule has 0 radical (unpaired) electrons. The number of nitrogens with zero attached hydrogens (tertiary/aromatic N) is 1. The second-order valence-corrected chi connectivity index (χ2v) is 8.57. The van der Waals surface area contributed by atoms with Crippen molar-refractivity contribution < 1.29 is 9.53 Å². The van der Waals surface area contributed by atoms with Crippen LogP contribution in [0.2, 0.25) is 0 Å². The zero-order chi connectivity index (χ0) is 18.8. The van der Waals surface area contributed by atoms with Gasteiger partial charge in [-0.1, -0.05) is 0 Å². The Kier molecular flexibility index (Phi) is 4.84. The van der Waals surface area contributed by atoms with Crippen molar-refractivity contribution >= 4 is 47.5 Å². The molecule has 0 saturated heterocycles. The van der Waals surface area contributed by atoms with Gasteiger partial charge in [-0.2, -0.15) is 0 Å². The molecule has 4 rings (SSSR count). The summed E-state index contributed by atoms with van der Waals surface area (Å²) in [6.45, 7) is 2.13. The van der Waals surface area contributed by atoms with Gasteiger partial charge in [0.05, 0.1) is 0 Å². The molecule has 0 unspecified atom stereocenters. The second-order valence-electron chi connectivity index (χ2n) is 6.28. The minimum absolute atomic E-state index is 0.0309. The Labute approximate surface area is 164 Å². The van der Waals surface area contributed by atoms with Gasteiger partial charge in [-0.3, -0.25) is 0 Å². The van der Waals surface area contributed by atoms with E-state index in [0.29, 0.717) is 0 Å². The Morgan fingerprint density at radius 3 is 2.48 bits per heavy atom. The average molecular weight is 420 g/mol. The molecule has 0 aliphatic heterocycles. The number of benzene rings is 3. The number of anilines is 3. The predicted octanol–water partition coefficient (Wildman–Crippen LogP) is 5.50. The molecule has 0 fully saturated rings. The first-order chi connectivity index (χ1) is 13.2. The summed E-state index contributed by atoms with van der Waals surface area (Å²) in [4.78, 5) is 13.5. The van der Waals surface area contributed by atoms with E-state index in [9.17, 15) is 4.79 Å². The molecular formula is C23H19NO2Se. The number of methoxy groups -OCH3 is 1. The van der Waals surface area contributed by atoms with E-state index in [-0.39, 0.29) is 14.5 Å². The molecule has 0 saturated carbocycles. The van der Waals surface area contributed by atoms with Crippen molar-refractivity contribution in [1.82, 2.24) is 0 Å². The van der Waals surface area contributed by atoms with E-state index < -0.39 is 0 Å². The summed E-state index contributed by atoms with van der Waals surface area (Å²) >= 11 is -0.0309. The van der Waals surface area contributed by atoms with Crippen molar-refractivity contribution in [1.29, 1.82) is 0 Å². The number of aryl methyl sites for hydroxylation is 1. The van der Waals surface area contributed by atoms with E-state index >= 15 is 0 Å². The fourth-order valence-corrected chi connectivity index (χ4v) is 5.09. The zero-order valence-corrected chi connectivity index (χ0v) is 16.9. The van der Waals surface area contributed by atoms with Crippen LogP contribution in [0.15, 0.2) is 72.8 Å². The molecule has 0 bridgehead atoms. The second kappa shape index (κ2) is 7.43. The normalized spacial score (nSPS) is 10.7. The maximum atomic E-state index is 11.3. The molecule has 27 heavy (non-hydrogen) atoms. The number of hydrogen-bond acceptors (Lipinski definition) is 3. The average Bonchev–Trinajstić information content (AvgIpc) is 3.19. The minimum atomic E-state index is -0.0309. The molecule has 3 aromatic carbocycles. The number of hydrogen-bond donors (Lipinski definition) is 0. The Bertz CT molecular complexity index is 1120. The van der Waals surface area contributed by atoms with Crippen molar-refractivity contribution in [2.75, 3.05) is 12.0 Å². The summed E-state index contributed by atoms with van der Waals surface area (Å²) < 4.78 is 7.42. The van der Waals surface area contributed by atoms with Crippen LogP contribution >= 0.6 is 0 Å². The van der Waals surface area contributed by atoms with Crippen LogP contribution in [-0.2, 0) is 0 Å². The van der Waals surface area contributed by atoms with Gasteiger partial charge in [0.2, 0.25) is 0 Å².